The fourth-order valence-electron chi connectivity index (χ4n) is 2.77. The van der Waals surface area contributed by atoms with E-state index < -0.39 is 0 Å². The smallest absolute Gasteiger partial charge is 0.147 e. The molecule has 2 rings (SSSR count). The molecular formula is C15H22ClFN2. The zero-order chi connectivity index (χ0) is 13.8. The summed E-state index contributed by atoms with van der Waals surface area (Å²) in [7, 11) is 0. The maximum atomic E-state index is 13.8. The van der Waals surface area contributed by atoms with Crippen molar-refractivity contribution in [2.75, 3.05) is 25.0 Å². The van der Waals surface area contributed by atoms with Crippen LogP contribution in [0.4, 0.5) is 10.1 Å². The van der Waals surface area contributed by atoms with Crippen LogP contribution in [-0.4, -0.2) is 30.6 Å². The lowest BCUT2D eigenvalue weighted by molar-refractivity contribution is 0.172. The maximum absolute atomic E-state index is 13.8. The number of anilines is 1. The average Bonchev–Trinajstić information content (AvgIpc) is 2.43. The van der Waals surface area contributed by atoms with E-state index >= 15 is 0 Å². The van der Waals surface area contributed by atoms with Crippen LogP contribution < -0.4 is 5.32 Å². The number of nitrogens with one attached hydrogen (secondary N) is 1. The summed E-state index contributed by atoms with van der Waals surface area (Å²) < 4.78 is 13.8. The molecule has 2 unspecified atom stereocenters. The van der Waals surface area contributed by atoms with E-state index in [9.17, 15) is 4.39 Å². The van der Waals surface area contributed by atoms with Gasteiger partial charge in [0.15, 0.2) is 0 Å². The molecule has 1 aromatic carbocycles. The Morgan fingerprint density at radius 2 is 2.32 bits per heavy atom. The Hall–Kier alpha value is -0.800. The Kier molecular flexibility index (Phi) is 5.06. The summed E-state index contributed by atoms with van der Waals surface area (Å²) in [5.41, 5.74) is 0.435. The van der Waals surface area contributed by atoms with Crippen LogP contribution in [0.3, 0.4) is 0 Å². The quantitative estimate of drug-likeness (QED) is 0.899. The van der Waals surface area contributed by atoms with E-state index in [0.29, 0.717) is 16.6 Å². The Morgan fingerprint density at radius 3 is 3.00 bits per heavy atom. The molecule has 1 heterocycles. The third kappa shape index (κ3) is 3.61. The number of hydrogen-bond acceptors (Lipinski definition) is 2. The van der Waals surface area contributed by atoms with Gasteiger partial charge in [0.2, 0.25) is 0 Å². The molecule has 0 bridgehead atoms. The minimum Gasteiger partial charge on any atom is -0.379 e. The largest absolute Gasteiger partial charge is 0.379 e. The van der Waals surface area contributed by atoms with Crippen molar-refractivity contribution in [3.05, 3.63) is 29.0 Å². The molecule has 0 spiro atoms. The van der Waals surface area contributed by atoms with Crippen LogP contribution in [-0.2, 0) is 0 Å². The van der Waals surface area contributed by atoms with E-state index in [2.05, 4.69) is 24.1 Å². The predicted octanol–water partition coefficient (Wildman–Crippen LogP) is 4.01. The molecule has 0 aromatic heterocycles. The van der Waals surface area contributed by atoms with Crippen LogP contribution in [0.15, 0.2) is 18.2 Å². The molecule has 1 aliphatic heterocycles. The summed E-state index contributed by atoms with van der Waals surface area (Å²) >= 11 is 6.06. The normalized spacial score (nSPS) is 22.2. The number of piperidine rings is 1. The van der Waals surface area contributed by atoms with Gasteiger partial charge in [0.05, 0.1) is 10.7 Å². The first-order chi connectivity index (χ1) is 9.11. The third-order valence-corrected chi connectivity index (χ3v) is 4.35. The Labute approximate surface area is 119 Å². The van der Waals surface area contributed by atoms with Crippen LogP contribution in [0.2, 0.25) is 5.02 Å². The van der Waals surface area contributed by atoms with Gasteiger partial charge in [-0.1, -0.05) is 24.6 Å². The van der Waals surface area contributed by atoms with E-state index in [1.165, 1.54) is 25.5 Å². The van der Waals surface area contributed by atoms with Crippen LogP contribution in [0.1, 0.15) is 26.7 Å². The molecule has 0 radical (unpaired) electrons. The zero-order valence-corrected chi connectivity index (χ0v) is 12.4. The van der Waals surface area contributed by atoms with Crippen molar-refractivity contribution in [2.45, 2.75) is 32.7 Å². The molecule has 2 nitrogen and oxygen atoms in total. The number of benzene rings is 1. The summed E-state index contributed by atoms with van der Waals surface area (Å²) in [5, 5.41) is 3.71. The molecule has 1 aliphatic rings. The molecule has 106 valence electrons. The predicted molar refractivity (Wildman–Crippen MR) is 79.3 cm³/mol. The first-order valence-electron chi connectivity index (χ1n) is 7.04. The monoisotopic (exact) mass is 284 g/mol. The minimum absolute atomic E-state index is 0.226. The second-order valence-electron chi connectivity index (χ2n) is 5.33. The van der Waals surface area contributed by atoms with Gasteiger partial charge in [0.1, 0.15) is 5.82 Å². The van der Waals surface area contributed by atoms with Gasteiger partial charge in [0, 0.05) is 12.6 Å². The lowest BCUT2D eigenvalue weighted by Gasteiger charge is -2.35. The first-order valence-corrected chi connectivity index (χ1v) is 7.42. The molecule has 1 aromatic rings. The SMILES string of the molecule is CCN1CCCC(C(C)Nc2c(F)cccc2Cl)C1. The van der Waals surface area contributed by atoms with Crippen molar-refractivity contribution in [1.82, 2.24) is 4.90 Å². The number of hydrogen-bond donors (Lipinski definition) is 1. The van der Waals surface area contributed by atoms with Crippen molar-refractivity contribution in [3.63, 3.8) is 0 Å². The summed E-state index contributed by atoms with van der Waals surface area (Å²) in [6, 6.07) is 5.02. The molecule has 2 atom stereocenters. The Morgan fingerprint density at radius 1 is 1.53 bits per heavy atom. The lowest BCUT2D eigenvalue weighted by atomic mass is 9.91. The van der Waals surface area contributed by atoms with Crippen LogP contribution in [0.5, 0.6) is 0 Å². The lowest BCUT2D eigenvalue weighted by Crippen LogP contribution is -2.41. The highest BCUT2D eigenvalue weighted by atomic mass is 35.5. The van der Waals surface area contributed by atoms with Gasteiger partial charge in [-0.25, -0.2) is 4.39 Å². The molecule has 1 N–H and O–H groups in total. The van der Waals surface area contributed by atoms with Gasteiger partial charge in [-0.3, -0.25) is 0 Å². The van der Waals surface area contributed by atoms with Crippen molar-refractivity contribution in [1.29, 1.82) is 0 Å². The maximum Gasteiger partial charge on any atom is 0.147 e. The minimum atomic E-state index is -0.275. The average molecular weight is 285 g/mol. The number of likely N-dealkylation sites (tertiary alicyclic amines) is 1. The van der Waals surface area contributed by atoms with Gasteiger partial charge in [-0.05, 0) is 50.9 Å². The molecule has 19 heavy (non-hydrogen) atoms. The second kappa shape index (κ2) is 6.58. The second-order valence-corrected chi connectivity index (χ2v) is 5.73. The zero-order valence-electron chi connectivity index (χ0n) is 11.6. The highest BCUT2D eigenvalue weighted by molar-refractivity contribution is 6.33. The number of nitrogens with zero attached hydrogens (tertiary/aromatic N) is 1. The van der Waals surface area contributed by atoms with Crippen molar-refractivity contribution in [2.24, 2.45) is 5.92 Å². The fraction of sp³-hybridized carbons (Fsp3) is 0.600. The van der Waals surface area contributed by atoms with Crippen LogP contribution in [0, 0.1) is 11.7 Å². The first kappa shape index (κ1) is 14.6. The molecule has 0 saturated carbocycles. The van der Waals surface area contributed by atoms with E-state index in [-0.39, 0.29) is 11.9 Å². The number of para-hydroxylation sites is 1. The topological polar surface area (TPSA) is 15.3 Å². The van der Waals surface area contributed by atoms with Gasteiger partial charge < -0.3 is 10.2 Å². The van der Waals surface area contributed by atoms with Gasteiger partial charge in [0.25, 0.3) is 0 Å². The molecule has 0 amide bonds. The van der Waals surface area contributed by atoms with E-state index in [1.807, 2.05) is 0 Å². The van der Waals surface area contributed by atoms with Crippen molar-refractivity contribution in [3.8, 4) is 0 Å². The van der Waals surface area contributed by atoms with Gasteiger partial charge >= 0.3 is 0 Å². The molecule has 0 aliphatic carbocycles. The highest BCUT2D eigenvalue weighted by Gasteiger charge is 2.24. The van der Waals surface area contributed by atoms with E-state index in [1.54, 1.807) is 12.1 Å². The van der Waals surface area contributed by atoms with Gasteiger partial charge in [-0.2, -0.15) is 0 Å². The Bertz CT molecular complexity index is 404. The van der Waals surface area contributed by atoms with Crippen molar-refractivity contribution < 1.29 is 4.39 Å². The highest BCUT2D eigenvalue weighted by Crippen LogP contribution is 2.28. The number of rotatable bonds is 4. The molecule has 1 fully saturated rings. The van der Waals surface area contributed by atoms with Crippen molar-refractivity contribution >= 4 is 17.3 Å². The Balaban J connectivity index is 2.02. The summed E-state index contributed by atoms with van der Waals surface area (Å²) in [4.78, 5) is 2.45. The van der Waals surface area contributed by atoms with Crippen LogP contribution >= 0.6 is 11.6 Å². The standard InChI is InChI=1S/C15H22ClFN2/c1-3-19-9-5-6-12(10-19)11(2)18-15-13(16)7-4-8-14(15)17/h4,7-8,11-12,18H,3,5-6,9-10H2,1-2H3. The third-order valence-electron chi connectivity index (χ3n) is 4.03. The summed E-state index contributed by atoms with van der Waals surface area (Å²) in [5.74, 6) is 0.270. The van der Waals surface area contributed by atoms with Crippen LogP contribution in [0.25, 0.3) is 0 Å². The summed E-state index contributed by atoms with van der Waals surface area (Å²) in [6.45, 7) is 7.65. The fourth-order valence-corrected chi connectivity index (χ4v) is 2.99. The molecular weight excluding hydrogens is 263 g/mol. The van der Waals surface area contributed by atoms with E-state index in [4.69, 9.17) is 11.6 Å². The van der Waals surface area contributed by atoms with Gasteiger partial charge in [-0.15, -0.1) is 0 Å². The summed E-state index contributed by atoms with van der Waals surface area (Å²) in [6.07, 6.45) is 2.41. The number of halogens is 2. The van der Waals surface area contributed by atoms with E-state index in [0.717, 1.165) is 13.1 Å². The molecule has 4 heteroatoms. The molecule has 1 saturated heterocycles.